The largest absolute Gasteiger partial charge is 0.465 e. The van der Waals surface area contributed by atoms with Crippen LogP contribution in [0.4, 0.5) is 0 Å². The maximum atomic E-state index is 12.6. The molecule has 0 bridgehead atoms. The summed E-state index contributed by atoms with van der Waals surface area (Å²) in [5.74, 6) is -1.47. The van der Waals surface area contributed by atoms with Gasteiger partial charge in [-0.05, 0) is 37.6 Å². The standard InChI is InChI=1S/C25H21BrN2O4S/c1-3-31-24(29)22(25(30)32-4-2)33-23-20(15-27)19(16-8-6-5-7-9-16)14-21(28-23)17-10-12-18(26)13-11-17/h5-14,22H,3-4H2,1-2H3. The number of rotatable bonds is 8. The minimum absolute atomic E-state index is 0.113. The lowest BCUT2D eigenvalue weighted by Crippen LogP contribution is -2.31. The molecule has 0 aliphatic carbocycles. The lowest BCUT2D eigenvalue weighted by Gasteiger charge is -2.17. The molecule has 6 nitrogen and oxygen atoms in total. The molecule has 168 valence electrons. The molecule has 0 saturated heterocycles. The summed E-state index contributed by atoms with van der Waals surface area (Å²) in [5, 5.41) is 8.97. The van der Waals surface area contributed by atoms with Gasteiger partial charge in [-0.25, -0.2) is 4.98 Å². The molecule has 1 aromatic heterocycles. The number of hydrogen-bond acceptors (Lipinski definition) is 7. The molecule has 0 N–H and O–H groups in total. The maximum Gasteiger partial charge on any atom is 0.331 e. The molecule has 33 heavy (non-hydrogen) atoms. The average molecular weight is 525 g/mol. The van der Waals surface area contributed by atoms with Crippen molar-refractivity contribution in [1.82, 2.24) is 4.98 Å². The molecule has 0 spiro atoms. The zero-order valence-electron chi connectivity index (χ0n) is 18.1. The summed E-state index contributed by atoms with van der Waals surface area (Å²) in [7, 11) is 0. The number of nitriles is 1. The summed E-state index contributed by atoms with van der Waals surface area (Å²) in [6.07, 6.45) is 0. The van der Waals surface area contributed by atoms with Gasteiger partial charge in [-0.3, -0.25) is 9.59 Å². The number of nitrogens with zero attached hydrogens (tertiary/aromatic N) is 2. The minimum Gasteiger partial charge on any atom is -0.465 e. The maximum absolute atomic E-state index is 12.6. The van der Waals surface area contributed by atoms with Gasteiger partial charge in [0.2, 0.25) is 5.25 Å². The molecule has 0 atom stereocenters. The van der Waals surface area contributed by atoms with Crippen LogP contribution >= 0.6 is 27.7 Å². The molecule has 0 aliphatic rings. The van der Waals surface area contributed by atoms with Gasteiger partial charge in [0.15, 0.2) is 0 Å². The smallest absolute Gasteiger partial charge is 0.331 e. The summed E-state index contributed by atoms with van der Waals surface area (Å²) in [5.41, 5.74) is 3.17. The quantitative estimate of drug-likeness (QED) is 0.214. The number of carbonyl (C=O) groups is 2. The zero-order chi connectivity index (χ0) is 23.8. The number of carbonyl (C=O) groups excluding carboxylic acids is 2. The van der Waals surface area contributed by atoms with Crippen molar-refractivity contribution >= 4 is 39.6 Å². The Hall–Kier alpha value is -3.15. The van der Waals surface area contributed by atoms with Gasteiger partial charge in [0, 0.05) is 15.6 Å². The molecule has 3 aromatic rings. The van der Waals surface area contributed by atoms with Crippen molar-refractivity contribution < 1.29 is 19.1 Å². The van der Waals surface area contributed by atoms with E-state index in [4.69, 9.17) is 9.47 Å². The SMILES string of the molecule is CCOC(=O)C(Sc1nc(-c2ccc(Br)cc2)cc(-c2ccccc2)c1C#N)C(=O)OCC. The Kier molecular flexibility index (Phi) is 8.64. The predicted molar refractivity (Wildman–Crippen MR) is 130 cm³/mol. The third-order valence-corrected chi connectivity index (χ3v) is 6.22. The molecule has 0 aliphatic heterocycles. The van der Waals surface area contributed by atoms with E-state index in [0.29, 0.717) is 11.3 Å². The fourth-order valence-electron chi connectivity index (χ4n) is 3.07. The number of ether oxygens (including phenoxy) is 2. The Morgan fingerprint density at radius 3 is 2.15 bits per heavy atom. The van der Waals surface area contributed by atoms with Crippen molar-refractivity contribution in [2.24, 2.45) is 0 Å². The molecular formula is C25H21BrN2O4S. The van der Waals surface area contributed by atoms with E-state index < -0.39 is 17.2 Å². The van der Waals surface area contributed by atoms with E-state index in [0.717, 1.165) is 27.4 Å². The second-order valence-corrected chi connectivity index (χ2v) is 8.73. The predicted octanol–water partition coefficient (Wildman–Crippen LogP) is 5.64. The first kappa shape index (κ1) is 24.5. The third kappa shape index (κ3) is 6.01. The number of esters is 2. The summed E-state index contributed by atoms with van der Waals surface area (Å²) < 4.78 is 11.1. The van der Waals surface area contributed by atoms with Crippen LogP contribution in [0.15, 0.2) is 70.2 Å². The van der Waals surface area contributed by atoms with Crippen LogP contribution in [0.25, 0.3) is 22.4 Å². The van der Waals surface area contributed by atoms with Crippen LogP contribution in [0.5, 0.6) is 0 Å². The summed E-state index contributed by atoms with van der Waals surface area (Å²) in [6, 6.07) is 21.1. The van der Waals surface area contributed by atoms with Crippen LogP contribution in [0.3, 0.4) is 0 Å². The number of thioether (sulfide) groups is 1. The Bertz CT molecular complexity index is 1160. The molecule has 0 saturated carbocycles. The van der Waals surface area contributed by atoms with Gasteiger partial charge in [0.05, 0.1) is 24.5 Å². The normalized spacial score (nSPS) is 10.5. The highest BCUT2D eigenvalue weighted by atomic mass is 79.9. The fourth-order valence-corrected chi connectivity index (χ4v) is 4.31. The molecule has 0 unspecified atom stereocenters. The first-order valence-electron chi connectivity index (χ1n) is 10.2. The monoisotopic (exact) mass is 524 g/mol. The van der Waals surface area contributed by atoms with Crippen LogP contribution < -0.4 is 0 Å². The van der Waals surface area contributed by atoms with E-state index in [9.17, 15) is 14.9 Å². The molecule has 0 amide bonds. The van der Waals surface area contributed by atoms with Crippen LogP contribution in [-0.2, 0) is 19.1 Å². The first-order valence-corrected chi connectivity index (χ1v) is 11.9. The van der Waals surface area contributed by atoms with Crippen LogP contribution in [0.1, 0.15) is 19.4 Å². The molecule has 3 rings (SSSR count). The van der Waals surface area contributed by atoms with Crippen LogP contribution in [0, 0.1) is 11.3 Å². The Morgan fingerprint density at radius 1 is 1.00 bits per heavy atom. The average Bonchev–Trinajstić information content (AvgIpc) is 2.83. The first-order chi connectivity index (χ1) is 16.0. The molecule has 2 aromatic carbocycles. The molecule has 0 radical (unpaired) electrons. The minimum atomic E-state index is -1.30. The van der Waals surface area contributed by atoms with Crippen molar-refractivity contribution in [3.8, 4) is 28.5 Å². The number of aromatic nitrogens is 1. The van der Waals surface area contributed by atoms with E-state index in [1.807, 2.05) is 60.7 Å². The van der Waals surface area contributed by atoms with Gasteiger partial charge < -0.3 is 9.47 Å². The number of halogens is 1. The zero-order valence-corrected chi connectivity index (χ0v) is 20.5. The van der Waals surface area contributed by atoms with E-state index in [2.05, 4.69) is 27.0 Å². The highest BCUT2D eigenvalue weighted by molar-refractivity contribution is 9.10. The third-order valence-electron chi connectivity index (χ3n) is 4.55. The Morgan fingerprint density at radius 2 is 1.61 bits per heavy atom. The van der Waals surface area contributed by atoms with Gasteiger partial charge >= 0.3 is 11.9 Å². The van der Waals surface area contributed by atoms with Gasteiger partial charge in [0.25, 0.3) is 0 Å². The van der Waals surface area contributed by atoms with Crippen LogP contribution in [-0.4, -0.2) is 35.4 Å². The summed E-state index contributed by atoms with van der Waals surface area (Å²) in [6.45, 7) is 3.54. The highest BCUT2D eigenvalue weighted by Gasteiger charge is 2.33. The second kappa shape index (κ2) is 11.6. The topological polar surface area (TPSA) is 89.3 Å². The van der Waals surface area contributed by atoms with Gasteiger partial charge in [-0.1, -0.05) is 70.2 Å². The van der Waals surface area contributed by atoms with Gasteiger partial charge in [-0.2, -0.15) is 5.26 Å². The molecule has 1 heterocycles. The van der Waals surface area contributed by atoms with Crippen LogP contribution in [0.2, 0.25) is 0 Å². The van der Waals surface area contributed by atoms with Crippen molar-refractivity contribution in [1.29, 1.82) is 5.26 Å². The lowest BCUT2D eigenvalue weighted by molar-refractivity contribution is -0.152. The highest BCUT2D eigenvalue weighted by Crippen LogP contribution is 2.36. The Balaban J connectivity index is 2.18. The molecule has 8 heteroatoms. The molecular weight excluding hydrogens is 504 g/mol. The Labute approximate surface area is 205 Å². The van der Waals surface area contributed by atoms with Crippen molar-refractivity contribution in [3.05, 3.63) is 70.7 Å². The summed E-state index contributed by atoms with van der Waals surface area (Å²) >= 11 is 4.30. The van der Waals surface area contributed by atoms with E-state index >= 15 is 0 Å². The van der Waals surface area contributed by atoms with Crippen molar-refractivity contribution in [2.45, 2.75) is 24.1 Å². The number of benzene rings is 2. The van der Waals surface area contributed by atoms with Crippen molar-refractivity contribution in [3.63, 3.8) is 0 Å². The lowest BCUT2D eigenvalue weighted by atomic mass is 9.99. The van der Waals surface area contributed by atoms with Gasteiger partial charge in [-0.15, -0.1) is 0 Å². The van der Waals surface area contributed by atoms with E-state index in [-0.39, 0.29) is 23.8 Å². The van der Waals surface area contributed by atoms with Crippen molar-refractivity contribution in [2.75, 3.05) is 13.2 Å². The number of hydrogen-bond donors (Lipinski definition) is 0. The molecule has 0 fully saturated rings. The summed E-state index contributed by atoms with van der Waals surface area (Å²) in [4.78, 5) is 29.8. The second-order valence-electron chi connectivity index (χ2n) is 6.72. The fraction of sp³-hybridized carbons (Fsp3) is 0.200. The number of pyridine rings is 1. The van der Waals surface area contributed by atoms with E-state index in [1.54, 1.807) is 13.8 Å². The van der Waals surface area contributed by atoms with E-state index in [1.165, 1.54) is 0 Å². The van der Waals surface area contributed by atoms with Gasteiger partial charge in [0.1, 0.15) is 11.1 Å².